The Morgan fingerprint density at radius 2 is 1.34 bits per heavy atom. The standard InChI is InChI=1S/C42H45F3N7O20P3S2/c1-76-17-14-46-34-26-35(50-40(49-34)77-16-13-42(43,44)45)52(20-47-26)37-33-29(67-39(69-33)22-10-6-3-7-11-22)24(65-37)19-63-73(56,57)71-75(60,61)72-74(58,59)70-31-27(54)30(31)62-18-23-28-32(68-38(66-28)21-8-4-2-5-9-21)36(64-23)51-15-12-25(53)48-41(51)55/h2-12,15,20,23-24,28-33,36-39H,13-14,16-19H2,1H3,(H,56,57)(H,58,59)(H,60,61)(H,46,49,50)(H,48,53,55)/t23-,24-,28-,29-,30?,31?,32-,33-,36-,37-,38?,39?/m1/s1. The highest BCUT2D eigenvalue weighted by atomic mass is 32.2. The molecule has 1 aliphatic carbocycles. The van der Waals surface area contributed by atoms with E-state index >= 15 is 0 Å². The molecule has 5 N–H and O–H groups in total. The van der Waals surface area contributed by atoms with Crippen LogP contribution in [0, 0.1) is 0 Å². The molecule has 27 nitrogen and oxygen atoms in total. The van der Waals surface area contributed by atoms with Crippen molar-refractivity contribution in [3.63, 3.8) is 0 Å². The average Bonchev–Trinajstić information content (AvgIpc) is 4.14. The molecule has 5 aliphatic rings. The summed E-state index contributed by atoms with van der Waals surface area (Å²) in [6.07, 6.45) is -15.4. The van der Waals surface area contributed by atoms with E-state index in [-0.39, 0.29) is 22.1 Å². The third-order valence-corrected chi connectivity index (χ3v) is 17.8. The molecule has 3 aromatic heterocycles. The maximum atomic E-state index is 13.2. The summed E-state index contributed by atoms with van der Waals surface area (Å²) >= 11 is 2.29. The van der Waals surface area contributed by atoms with Crippen molar-refractivity contribution < 1.29 is 97.2 Å². The van der Waals surface area contributed by atoms with Gasteiger partial charge in [0.15, 0.2) is 65.2 Å². The van der Waals surface area contributed by atoms with Gasteiger partial charge in [0, 0.05) is 41.4 Å². The van der Waals surface area contributed by atoms with Crippen LogP contribution in [-0.4, -0.2) is 142 Å². The molecule has 2 aromatic carbocycles. The first-order valence-corrected chi connectivity index (χ1v) is 29.9. The maximum Gasteiger partial charge on any atom is 0.490 e. The highest BCUT2D eigenvalue weighted by Gasteiger charge is 2.60. The van der Waals surface area contributed by atoms with E-state index in [1.54, 1.807) is 60.7 Å². The number of H-pyrrole nitrogens is 1. The Hall–Kier alpha value is -4.24. The number of benzene rings is 2. The number of carbonyl (C=O) groups is 1. The van der Waals surface area contributed by atoms with Crippen molar-refractivity contribution in [1.82, 2.24) is 29.1 Å². The number of Topliss-reactive ketones (excluding diaryl/α,β-unsaturated/α-hetero) is 1. The van der Waals surface area contributed by atoms with Crippen LogP contribution >= 0.6 is 47.0 Å². The number of rotatable bonds is 23. The summed E-state index contributed by atoms with van der Waals surface area (Å²) in [4.78, 5) is 84.3. The van der Waals surface area contributed by atoms with Crippen LogP contribution in [0.3, 0.4) is 0 Å². The summed E-state index contributed by atoms with van der Waals surface area (Å²) in [5.41, 5.74) is 0.0159. The number of nitrogens with zero attached hydrogens (tertiary/aromatic N) is 5. The summed E-state index contributed by atoms with van der Waals surface area (Å²) in [6.45, 7) is -0.979. The Labute approximate surface area is 440 Å². The fourth-order valence-electron chi connectivity index (χ4n) is 8.65. The van der Waals surface area contributed by atoms with Gasteiger partial charge in [0.05, 0.1) is 26.0 Å². The number of aromatic nitrogens is 6. The minimum atomic E-state index is -6.10. The molecule has 0 bridgehead atoms. The lowest BCUT2D eigenvalue weighted by Crippen LogP contribution is -2.36. The number of halogens is 3. The highest BCUT2D eigenvalue weighted by molar-refractivity contribution is 7.99. The lowest BCUT2D eigenvalue weighted by atomic mass is 10.1. The minimum absolute atomic E-state index is 0.0145. The Morgan fingerprint density at radius 1 is 0.740 bits per heavy atom. The van der Waals surface area contributed by atoms with E-state index in [0.717, 1.165) is 22.4 Å². The quantitative estimate of drug-likeness (QED) is 0.0257. The topological polar surface area (TPSA) is 341 Å². The van der Waals surface area contributed by atoms with Crippen molar-refractivity contribution in [2.75, 3.05) is 42.8 Å². The fourth-order valence-corrected chi connectivity index (χ4v) is 13.4. The number of alkyl halides is 3. The van der Waals surface area contributed by atoms with E-state index in [2.05, 4.69) is 33.9 Å². The Bertz CT molecular complexity index is 3230. The number of phosphoric ester groups is 2. The van der Waals surface area contributed by atoms with Gasteiger partial charge < -0.3 is 53.2 Å². The minimum Gasteiger partial charge on any atom is -0.367 e. The maximum absolute atomic E-state index is 13.2. The molecule has 77 heavy (non-hydrogen) atoms. The van der Waals surface area contributed by atoms with Gasteiger partial charge in [0.1, 0.15) is 36.6 Å². The second kappa shape index (κ2) is 22.7. The van der Waals surface area contributed by atoms with Crippen molar-refractivity contribution in [3.8, 4) is 0 Å². The van der Waals surface area contributed by atoms with Gasteiger partial charge in [-0.1, -0.05) is 72.4 Å². The van der Waals surface area contributed by atoms with Crippen molar-refractivity contribution in [3.05, 3.63) is 111 Å². The van der Waals surface area contributed by atoms with Gasteiger partial charge >= 0.3 is 35.3 Å². The van der Waals surface area contributed by atoms with E-state index in [0.29, 0.717) is 23.4 Å². The third kappa shape index (κ3) is 13.0. The molecular formula is C42H45F3N7O20P3S2. The number of phosphoric acid groups is 3. The van der Waals surface area contributed by atoms with E-state index in [4.69, 9.17) is 42.2 Å². The van der Waals surface area contributed by atoms with Gasteiger partial charge in [0.25, 0.3) is 5.56 Å². The lowest BCUT2D eigenvalue weighted by Gasteiger charge is -2.22. The zero-order chi connectivity index (χ0) is 54.4. The first kappa shape index (κ1) is 56.1. The largest absolute Gasteiger partial charge is 0.490 e. The van der Waals surface area contributed by atoms with Crippen LogP contribution in [0.25, 0.3) is 11.2 Å². The van der Waals surface area contributed by atoms with Crippen LogP contribution in [0.1, 0.15) is 42.6 Å². The van der Waals surface area contributed by atoms with Crippen LogP contribution in [-0.2, 0) is 69.3 Å². The normalized spacial score (nSPS) is 30.2. The Kier molecular flexibility index (Phi) is 16.5. The zero-order valence-electron chi connectivity index (χ0n) is 39.5. The van der Waals surface area contributed by atoms with Crippen molar-refractivity contribution >= 4 is 69.8 Å². The molecule has 35 heteroatoms. The number of hydrogen-bond donors (Lipinski definition) is 5. The van der Waals surface area contributed by atoms with Crippen molar-refractivity contribution in [2.45, 2.75) is 91.6 Å². The highest BCUT2D eigenvalue weighted by Crippen LogP contribution is 2.68. The average molecular weight is 1180 g/mol. The number of hydrogen-bond acceptors (Lipinski definition) is 23. The predicted molar refractivity (Wildman–Crippen MR) is 258 cm³/mol. The molecule has 4 saturated heterocycles. The van der Waals surface area contributed by atoms with Crippen molar-refractivity contribution in [2.24, 2.45) is 0 Å². The number of fused-ring (bicyclic) bond motifs is 3. The second-order valence-corrected chi connectivity index (χ2v) is 24.0. The number of ketones is 1. The third-order valence-electron chi connectivity index (χ3n) is 12.1. The van der Waals surface area contributed by atoms with Crippen LogP contribution in [0.5, 0.6) is 0 Å². The SMILES string of the molecule is CSCCNc1nc(SCCC(F)(F)F)nc2c1ncn2[C@@H]1O[C@H](COP(=O)(O)OP(=O)(O)OP(=O)(O)OC2C(=O)C2OC[C@H]2O[C@@H](n3ccc(=O)[nH]c3=O)[C@@H]3OC(c4ccccc4)O[C@@H]32)[C@H]2OC(c3ccccc3)O[C@H]21. The van der Waals surface area contributed by atoms with Crippen LogP contribution in [0.4, 0.5) is 19.0 Å². The molecule has 7 heterocycles. The molecule has 15 atom stereocenters. The van der Waals surface area contributed by atoms with Crippen molar-refractivity contribution in [1.29, 1.82) is 0 Å². The molecule has 416 valence electrons. The number of ether oxygens (including phenoxy) is 7. The number of carbonyl (C=O) groups excluding carboxylic acids is 1. The fraction of sp³-hybridized carbons (Fsp3) is 0.476. The van der Waals surface area contributed by atoms with Gasteiger partial charge in [-0.15, -0.1) is 0 Å². The van der Waals surface area contributed by atoms with Crippen LogP contribution in [0.2, 0.25) is 0 Å². The summed E-state index contributed by atoms with van der Waals surface area (Å²) in [5, 5.41) is 3.11. The lowest BCUT2D eigenvalue weighted by molar-refractivity contribution is -0.160. The smallest absolute Gasteiger partial charge is 0.367 e. The number of nitrogens with one attached hydrogen (secondary N) is 2. The van der Waals surface area contributed by atoms with Crippen LogP contribution < -0.4 is 16.6 Å². The first-order chi connectivity index (χ1) is 36.6. The van der Waals surface area contributed by atoms with Gasteiger partial charge in [-0.25, -0.2) is 33.4 Å². The number of aromatic amines is 1. The van der Waals surface area contributed by atoms with E-state index in [9.17, 15) is 55.9 Å². The Balaban J connectivity index is 0.779. The molecule has 5 aromatic rings. The molecule has 5 fully saturated rings. The van der Waals surface area contributed by atoms with E-state index in [1.807, 2.05) is 6.26 Å². The second-order valence-electron chi connectivity index (χ2n) is 17.4. The monoisotopic (exact) mass is 1180 g/mol. The molecule has 10 rings (SSSR count). The molecule has 4 aliphatic heterocycles. The molecule has 0 amide bonds. The summed E-state index contributed by atoms with van der Waals surface area (Å²) in [5.74, 6) is -0.451. The molecule has 7 unspecified atom stereocenters. The molecular weight excluding hydrogens is 1140 g/mol. The first-order valence-electron chi connectivity index (χ1n) is 23.1. The molecule has 0 spiro atoms. The Morgan fingerprint density at radius 3 is 1.95 bits per heavy atom. The number of imidazole rings is 1. The van der Waals surface area contributed by atoms with Gasteiger partial charge in [-0.3, -0.25) is 32.8 Å². The van der Waals surface area contributed by atoms with Crippen LogP contribution in [0.15, 0.2) is 94.0 Å². The number of anilines is 1. The summed E-state index contributed by atoms with van der Waals surface area (Å²) in [6, 6.07) is 18.4. The van der Waals surface area contributed by atoms with Gasteiger partial charge in [-0.05, 0) is 6.26 Å². The molecule has 0 radical (unpaired) electrons. The van der Waals surface area contributed by atoms with Gasteiger partial charge in [0.2, 0.25) is 0 Å². The van der Waals surface area contributed by atoms with E-state index < -0.39 is 146 Å². The molecule has 1 saturated carbocycles. The summed E-state index contributed by atoms with van der Waals surface area (Å²) < 4.78 is 142. The zero-order valence-corrected chi connectivity index (χ0v) is 43.8. The summed E-state index contributed by atoms with van der Waals surface area (Å²) in [7, 11) is -17.7. The van der Waals surface area contributed by atoms with Gasteiger partial charge in [-0.2, -0.15) is 33.6 Å². The number of thioether (sulfide) groups is 2. The van der Waals surface area contributed by atoms with E-state index in [1.165, 1.54) is 28.9 Å². The predicted octanol–water partition coefficient (Wildman–Crippen LogP) is 4.66.